The van der Waals surface area contributed by atoms with Gasteiger partial charge in [-0.3, -0.25) is 0 Å². The van der Waals surface area contributed by atoms with Crippen LogP contribution >= 0.6 is 11.3 Å². The largest absolute Gasteiger partial charge is 0.416 e. The van der Waals surface area contributed by atoms with Crippen molar-refractivity contribution in [3.8, 4) is 11.1 Å². The SMILES string of the molecule is FC(F)(F)c1cccc(-c2cccc3scnc23)c1. The molecule has 3 aromatic rings. The van der Waals surface area contributed by atoms with Gasteiger partial charge in [0, 0.05) is 5.56 Å². The molecular weight excluding hydrogens is 271 g/mol. The van der Waals surface area contributed by atoms with E-state index in [1.54, 1.807) is 17.6 Å². The Kier molecular flexibility index (Phi) is 2.78. The third-order valence-corrected chi connectivity index (χ3v) is 3.66. The van der Waals surface area contributed by atoms with Crippen molar-refractivity contribution in [2.24, 2.45) is 0 Å². The van der Waals surface area contributed by atoms with E-state index in [9.17, 15) is 13.2 Å². The summed E-state index contributed by atoms with van der Waals surface area (Å²) in [7, 11) is 0. The van der Waals surface area contributed by atoms with Crippen LogP contribution in [0.2, 0.25) is 0 Å². The van der Waals surface area contributed by atoms with Crippen molar-refractivity contribution < 1.29 is 13.2 Å². The summed E-state index contributed by atoms with van der Waals surface area (Å²) in [6.45, 7) is 0. The minimum absolute atomic E-state index is 0.534. The van der Waals surface area contributed by atoms with Gasteiger partial charge in [0.2, 0.25) is 0 Å². The lowest BCUT2D eigenvalue weighted by Gasteiger charge is -2.09. The Labute approximate surface area is 111 Å². The van der Waals surface area contributed by atoms with Crippen LogP contribution in [-0.2, 0) is 6.18 Å². The number of halogens is 3. The Balaban J connectivity index is 2.19. The zero-order chi connectivity index (χ0) is 13.5. The highest BCUT2D eigenvalue weighted by atomic mass is 32.1. The van der Waals surface area contributed by atoms with Crippen LogP contribution in [0, 0.1) is 0 Å². The van der Waals surface area contributed by atoms with Crippen molar-refractivity contribution in [2.75, 3.05) is 0 Å². The average Bonchev–Trinajstić information content (AvgIpc) is 2.86. The molecule has 0 atom stereocenters. The van der Waals surface area contributed by atoms with Crippen LogP contribution in [0.25, 0.3) is 21.3 Å². The molecule has 96 valence electrons. The molecular formula is C14H8F3NS. The second kappa shape index (κ2) is 4.35. The number of alkyl halides is 3. The first kappa shape index (κ1) is 12.2. The molecule has 0 spiro atoms. The summed E-state index contributed by atoms with van der Waals surface area (Å²) < 4.78 is 39.1. The molecule has 0 saturated heterocycles. The molecule has 0 fully saturated rings. The van der Waals surface area contributed by atoms with E-state index in [0.717, 1.165) is 27.9 Å². The molecule has 3 rings (SSSR count). The minimum atomic E-state index is -4.33. The molecule has 0 aliphatic carbocycles. The summed E-state index contributed by atoms with van der Waals surface area (Å²) >= 11 is 1.47. The number of benzene rings is 2. The summed E-state index contributed by atoms with van der Waals surface area (Å²) in [6.07, 6.45) is -4.33. The number of hydrogen-bond acceptors (Lipinski definition) is 2. The second-order valence-corrected chi connectivity index (χ2v) is 4.97. The van der Waals surface area contributed by atoms with E-state index >= 15 is 0 Å². The Morgan fingerprint density at radius 1 is 1.00 bits per heavy atom. The van der Waals surface area contributed by atoms with E-state index in [-0.39, 0.29) is 0 Å². The maximum atomic E-state index is 12.7. The van der Waals surface area contributed by atoms with Gasteiger partial charge >= 0.3 is 6.18 Å². The number of fused-ring (bicyclic) bond motifs is 1. The molecule has 0 radical (unpaired) electrons. The van der Waals surface area contributed by atoms with Gasteiger partial charge in [0.1, 0.15) is 0 Å². The van der Waals surface area contributed by atoms with Crippen LogP contribution < -0.4 is 0 Å². The number of nitrogens with zero attached hydrogens (tertiary/aromatic N) is 1. The standard InChI is InChI=1S/C14H8F3NS/c15-14(16,17)10-4-1-3-9(7-10)11-5-2-6-12-13(11)18-8-19-12/h1-8H. The highest BCUT2D eigenvalue weighted by Crippen LogP contribution is 2.34. The van der Waals surface area contributed by atoms with Crippen molar-refractivity contribution in [2.45, 2.75) is 6.18 Å². The molecule has 0 amide bonds. The van der Waals surface area contributed by atoms with Crippen LogP contribution in [0.5, 0.6) is 0 Å². The quantitative estimate of drug-likeness (QED) is 0.612. The van der Waals surface area contributed by atoms with Crippen molar-refractivity contribution >= 4 is 21.6 Å². The first-order valence-electron chi connectivity index (χ1n) is 5.55. The molecule has 5 heteroatoms. The van der Waals surface area contributed by atoms with Gasteiger partial charge in [-0.2, -0.15) is 13.2 Å². The van der Waals surface area contributed by atoms with Gasteiger partial charge in [0.05, 0.1) is 21.3 Å². The van der Waals surface area contributed by atoms with Gasteiger partial charge in [0.25, 0.3) is 0 Å². The highest BCUT2D eigenvalue weighted by molar-refractivity contribution is 7.16. The molecule has 0 bridgehead atoms. The van der Waals surface area contributed by atoms with Crippen molar-refractivity contribution in [1.29, 1.82) is 0 Å². The van der Waals surface area contributed by atoms with Crippen molar-refractivity contribution in [1.82, 2.24) is 4.98 Å². The maximum absolute atomic E-state index is 12.7. The van der Waals surface area contributed by atoms with Crippen molar-refractivity contribution in [3.63, 3.8) is 0 Å². The van der Waals surface area contributed by atoms with E-state index in [0.29, 0.717) is 5.56 Å². The normalized spacial score (nSPS) is 11.9. The first-order valence-corrected chi connectivity index (χ1v) is 6.43. The predicted molar refractivity (Wildman–Crippen MR) is 70.1 cm³/mol. The lowest BCUT2D eigenvalue weighted by molar-refractivity contribution is -0.137. The van der Waals surface area contributed by atoms with Crippen molar-refractivity contribution in [3.05, 3.63) is 53.5 Å². The third-order valence-electron chi connectivity index (χ3n) is 2.86. The van der Waals surface area contributed by atoms with Crippen LogP contribution in [0.1, 0.15) is 5.56 Å². The van der Waals surface area contributed by atoms with E-state index in [1.165, 1.54) is 17.4 Å². The zero-order valence-electron chi connectivity index (χ0n) is 9.61. The van der Waals surface area contributed by atoms with Crippen LogP contribution in [0.15, 0.2) is 48.0 Å². The maximum Gasteiger partial charge on any atom is 0.416 e. The monoisotopic (exact) mass is 279 g/mol. The fourth-order valence-electron chi connectivity index (χ4n) is 1.98. The smallest absolute Gasteiger partial charge is 0.244 e. The average molecular weight is 279 g/mol. The Hall–Kier alpha value is -1.88. The predicted octanol–water partition coefficient (Wildman–Crippen LogP) is 4.98. The van der Waals surface area contributed by atoms with Gasteiger partial charge in [-0.1, -0.05) is 24.3 Å². The minimum Gasteiger partial charge on any atom is -0.244 e. The molecule has 1 nitrogen and oxygen atoms in total. The van der Waals surface area contributed by atoms with E-state index < -0.39 is 11.7 Å². The zero-order valence-corrected chi connectivity index (χ0v) is 10.4. The lowest BCUT2D eigenvalue weighted by atomic mass is 10.0. The lowest BCUT2D eigenvalue weighted by Crippen LogP contribution is -2.04. The van der Waals surface area contributed by atoms with Gasteiger partial charge in [-0.05, 0) is 23.8 Å². The summed E-state index contributed by atoms with van der Waals surface area (Å²) in [5.41, 5.74) is 3.06. The van der Waals surface area contributed by atoms with Gasteiger partial charge in [0.15, 0.2) is 0 Å². The molecule has 19 heavy (non-hydrogen) atoms. The van der Waals surface area contributed by atoms with Gasteiger partial charge < -0.3 is 0 Å². The molecule has 0 aliphatic rings. The van der Waals surface area contributed by atoms with Crippen LogP contribution in [-0.4, -0.2) is 4.98 Å². The van der Waals surface area contributed by atoms with Crippen LogP contribution in [0.3, 0.4) is 0 Å². The van der Waals surface area contributed by atoms with E-state index in [1.807, 2.05) is 12.1 Å². The Bertz CT molecular complexity index is 731. The molecule has 0 aliphatic heterocycles. The Morgan fingerprint density at radius 2 is 1.79 bits per heavy atom. The molecule has 0 saturated carbocycles. The fourth-order valence-corrected chi connectivity index (χ4v) is 2.69. The second-order valence-electron chi connectivity index (χ2n) is 4.08. The highest BCUT2D eigenvalue weighted by Gasteiger charge is 2.30. The summed E-state index contributed by atoms with van der Waals surface area (Å²) in [5, 5.41) is 0. The Morgan fingerprint density at radius 3 is 2.58 bits per heavy atom. The van der Waals surface area contributed by atoms with Gasteiger partial charge in [-0.15, -0.1) is 11.3 Å². The summed E-state index contributed by atoms with van der Waals surface area (Å²) in [6, 6.07) is 10.9. The topological polar surface area (TPSA) is 12.9 Å². The number of rotatable bonds is 1. The fraction of sp³-hybridized carbons (Fsp3) is 0.0714. The van der Waals surface area contributed by atoms with Crippen LogP contribution in [0.4, 0.5) is 13.2 Å². The van der Waals surface area contributed by atoms with Gasteiger partial charge in [-0.25, -0.2) is 4.98 Å². The third kappa shape index (κ3) is 2.21. The number of para-hydroxylation sites is 1. The van der Waals surface area contributed by atoms with E-state index in [4.69, 9.17) is 0 Å². The molecule has 2 aromatic carbocycles. The molecule has 1 aromatic heterocycles. The summed E-state index contributed by atoms with van der Waals surface area (Å²) in [4.78, 5) is 4.22. The van der Waals surface area contributed by atoms with E-state index in [2.05, 4.69) is 4.98 Å². The molecule has 0 N–H and O–H groups in total. The number of thiazole rings is 1. The number of aromatic nitrogens is 1. The molecule has 0 unspecified atom stereocenters. The molecule has 1 heterocycles. The number of hydrogen-bond donors (Lipinski definition) is 0. The first-order chi connectivity index (χ1) is 9.05. The summed E-state index contributed by atoms with van der Waals surface area (Å²) in [5.74, 6) is 0.